The standard InChI is InChI=1S/C19H19N3O4S/c1-27(24,25)26-16-10-11-21(12-16)19(23)14-6-8-15(9-7-14)22-13-20-17-4-2-3-5-18(17)22/h2-9,13,16H,10-12H2,1H3/t16-/m1/s1. The normalized spacial score (nSPS) is 17.5. The molecule has 4 rings (SSSR count). The number of aromatic nitrogens is 2. The van der Waals surface area contributed by atoms with Crippen LogP contribution in [0.4, 0.5) is 0 Å². The van der Waals surface area contributed by atoms with Crippen molar-refractivity contribution in [2.75, 3.05) is 19.3 Å². The third-order valence-electron chi connectivity index (χ3n) is 4.59. The zero-order valence-corrected chi connectivity index (χ0v) is 15.6. The molecule has 1 aliphatic heterocycles. The molecule has 8 heteroatoms. The Balaban J connectivity index is 1.50. The number of likely N-dealkylation sites (tertiary alicyclic amines) is 1. The third-order valence-corrected chi connectivity index (χ3v) is 5.21. The minimum Gasteiger partial charge on any atom is -0.336 e. The summed E-state index contributed by atoms with van der Waals surface area (Å²) in [6, 6.07) is 15.1. The molecular weight excluding hydrogens is 366 g/mol. The predicted molar refractivity (Wildman–Crippen MR) is 101 cm³/mol. The van der Waals surface area contributed by atoms with Crippen LogP contribution in [0.25, 0.3) is 16.7 Å². The van der Waals surface area contributed by atoms with E-state index in [-0.39, 0.29) is 12.5 Å². The molecule has 3 aromatic rings. The molecule has 0 N–H and O–H groups in total. The average molecular weight is 385 g/mol. The summed E-state index contributed by atoms with van der Waals surface area (Å²) in [5.74, 6) is -0.128. The van der Waals surface area contributed by atoms with Crippen molar-refractivity contribution in [3.63, 3.8) is 0 Å². The van der Waals surface area contributed by atoms with Crippen molar-refractivity contribution in [2.45, 2.75) is 12.5 Å². The molecular formula is C19H19N3O4S. The molecule has 1 fully saturated rings. The van der Waals surface area contributed by atoms with Crippen LogP contribution in [-0.4, -0.2) is 54.2 Å². The van der Waals surface area contributed by atoms with Gasteiger partial charge in [-0.1, -0.05) is 12.1 Å². The largest absolute Gasteiger partial charge is 0.336 e. The minimum atomic E-state index is -3.52. The summed E-state index contributed by atoms with van der Waals surface area (Å²) in [6.45, 7) is 0.757. The Hall–Kier alpha value is -2.71. The van der Waals surface area contributed by atoms with Gasteiger partial charge in [-0.15, -0.1) is 0 Å². The van der Waals surface area contributed by atoms with Crippen molar-refractivity contribution in [2.24, 2.45) is 0 Å². The van der Waals surface area contributed by atoms with Crippen molar-refractivity contribution in [1.29, 1.82) is 0 Å². The van der Waals surface area contributed by atoms with Crippen molar-refractivity contribution >= 4 is 27.1 Å². The van der Waals surface area contributed by atoms with Crippen molar-refractivity contribution in [3.05, 3.63) is 60.4 Å². The molecule has 140 valence electrons. The van der Waals surface area contributed by atoms with E-state index in [2.05, 4.69) is 4.98 Å². The number of amides is 1. The van der Waals surface area contributed by atoms with Gasteiger partial charge in [0.25, 0.3) is 16.0 Å². The van der Waals surface area contributed by atoms with E-state index < -0.39 is 16.2 Å². The lowest BCUT2D eigenvalue weighted by molar-refractivity contribution is 0.0773. The van der Waals surface area contributed by atoms with Gasteiger partial charge in [-0.25, -0.2) is 4.98 Å². The van der Waals surface area contributed by atoms with E-state index in [4.69, 9.17) is 4.18 Å². The third kappa shape index (κ3) is 3.72. The second-order valence-corrected chi connectivity index (χ2v) is 8.21. The van der Waals surface area contributed by atoms with Gasteiger partial charge in [0.05, 0.1) is 23.4 Å². The van der Waals surface area contributed by atoms with Gasteiger partial charge in [-0.2, -0.15) is 8.42 Å². The van der Waals surface area contributed by atoms with Crippen molar-refractivity contribution < 1.29 is 17.4 Å². The number of para-hydroxylation sites is 2. The second-order valence-electron chi connectivity index (χ2n) is 6.61. The zero-order chi connectivity index (χ0) is 19.0. The molecule has 27 heavy (non-hydrogen) atoms. The Morgan fingerprint density at radius 2 is 1.89 bits per heavy atom. The van der Waals surface area contributed by atoms with Crippen molar-refractivity contribution in [3.8, 4) is 5.69 Å². The summed E-state index contributed by atoms with van der Waals surface area (Å²) in [5.41, 5.74) is 3.38. The Bertz CT molecular complexity index is 1090. The van der Waals surface area contributed by atoms with Crippen LogP contribution in [0.2, 0.25) is 0 Å². The molecule has 1 atom stereocenters. The fourth-order valence-corrected chi connectivity index (χ4v) is 4.00. The van der Waals surface area contributed by atoms with Gasteiger partial charge < -0.3 is 4.90 Å². The lowest BCUT2D eigenvalue weighted by Gasteiger charge is -2.16. The molecule has 0 unspecified atom stereocenters. The topological polar surface area (TPSA) is 81.5 Å². The van der Waals surface area contributed by atoms with Gasteiger partial charge in [0.1, 0.15) is 6.33 Å². The first-order chi connectivity index (χ1) is 12.9. The van der Waals surface area contributed by atoms with Gasteiger partial charge >= 0.3 is 0 Å². The molecule has 1 aliphatic rings. The number of rotatable bonds is 4. The quantitative estimate of drug-likeness (QED) is 0.643. The van der Waals surface area contributed by atoms with Crippen LogP contribution in [0.1, 0.15) is 16.8 Å². The van der Waals surface area contributed by atoms with Gasteiger partial charge in [-0.05, 0) is 42.8 Å². The molecule has 0 aliphatic carbocycles. The van der Waals surface area contributed by atoms with E-state index >= 15 is 0 Å². The fourth-order valence-electron chi connectivity index (χ4n) is 3.35. The fraction of sp³-hybridized carbons (Fsp3) is 0.263. The molecule has 0 radical (unpaired) electrons. The summed E-state index contributed by atoms with van der Waals surface area (Å²) in [4.78, 5) is 18.7. The van der Waals surface area contributed by atoms with Gasteiger partial charge in [0.15, 0.2) is 0 Å². The Morgan fingerprint density at radius 3 is 2.63 bits per heavy atom. The van der Waals surface area contributed by atoms with E-state index in [1.807, 2.05) is 41.0 Å². The average Bonchev–Trinajstić information content (AvgIpc) is 3.27. The molecule has 2 aromatic carbocycles. The maximum Gasteiger partial charge on any atom is 0.264 e. The number of imidazole rings is 1. The van der Waals surface area contributed by atoms with Crippen LogP contribution in [0.15, 0.2) is 54.9 Å². The highest BCUT2D eigenvalue weighted by molar-refractivity contribution is 7.86. The maximum absolute atomic E-state index is 12.7. The number of nitrogens with zero attached hydrogens (tertiary/aromatic N) is 3. The number of fused-ring (bicyclic) bond motifs is 1. The predicted octanol–water partition coefficient (Wildman–Crippen LogP) is 2.22. The monoisotopic (exact) mass is 385 g/mol. The van der Waals surface area contributed by atoms with Crippen LogP contribution < -0.4 is 0 Å². The summed E-state index contributed by atoms with van der Waals surface area (Å²) in [6.07, 6.45) is 2.82. The first-order valence-electron chi connectivity index (χ1n) is 8.61. The van der Waals surface area contributed by atoms with Crippen LogP contribution in [-0.2, 0) is 14.3 Å². The zero-order valence-electron chi connectivity index (χ0n) is 14.8. The summed E-state index contributed by atoms with van der Waals surface area (Å²) in [5, 5.41) is 0. The van der Waals surface area contributed by atoms with E-state index in [1.165, 1.54) is 0 Å². The number of hydrogen-bond acceptors (Lipinski definition) is 5. The first kappa shape index (κ1) is 17.7. The lowest BCUT2D eigenvalue weighted by Crippen LogP contribution is -2.30. The molecule has 7 nitrogen and oxygen atoms in total. The maximum atomic E-state index is 12.7. The number of carbonyl (C=O) groups excluding carboxylic acids is 1. The van der Waals surface area contributed by atoms with Crippen LogP contribution in [0.5, 0.6) is 0 Å². The van der Waals surface area contributed by atoms with Crippen LogP contribution >= 0.6 is 0 Å². The highest BCUT2D eigenvalue weighted by atomic mass is 32.2. The molecule has 0 saturated carbocycles. The number of benzene rings is 2. The molecule has 0 bridgehead atoms. The first-order valence-corrected chi connectivity index (χ1v) is 10.4. The van der Waals surface area contributed by atoms with Crippen molar-refractivity contribution in [1.82, 2.24) is 14.5 Å². The Labute approximate surface area is 157 Å². The van der Waals surface area contributed by atoms with E-state index in [0.717, 1.165) is 23.0 Å². The molecule has 1 aromatic heterocycles. The highest BCUT2D eigenvalue weighted by Crippen LogP contribution is 2.21. The molecule has 2 heterocycles. The molecule has 0 spiro atoms. The van der Waals surface area contributed by atoms with E-state index in [0.29, 0.717) is 18.5 Å². The van der Waals surface area contributed by atoms with E-state index in [9.17, 15) is 13.2 Å². The number of carbonyl (C=O) groups is 1. The molecule has 1 amide bonds. The summed E-state index contributed by atoms with van der Waals surface area (Å²) < 4.78 is 29.4. The van der Waals surface area contributed by atoms with Crippen LogP contribution in [0, 0.1) is 0 Å². The summed E-state index contributed by atoms with van der Waals surface area (Å²) in [7, 11) is -3.52. The molecule has 1 saturated heterocycles. The SMILES string of the molecule is CS(=O)(=O)O[C@@H]1CCN(C(=O)c2ccc(-n3cnc4ccccc43)cc2)C1. The van der Waals surface area contributed by atoms with Gasteiger partial charge in [-0.3, -0.25) is 13.5 Å². The second kappa shape index (κ2) is 6.79. The van der Waals surface area contributed by atoms with Gasteiger partial charge in [0.2, 0.25) is 0 Å². The minimum absolute atomic E-state index is 0.128. The number of hydrogen-bond donors (Lipinski definition) is 0. The lowest BCUT2D eigenvalue weighted by atomic mass is 10.2. The van der Waals surface area contributed by atoms with Crippen LogP contribution in [0.3, 0.4) is 0 Å². The highest BCUT2D eigenvalue weighted by Gasteiger charge is 2.29. The Kier molecular flexibility index (Phi) is 4.45. The smallest absolute Gasteiger partial charge is 0.264 e. The van der Waals surface area contributed by atoms with Gasteiger partial charge in [0, 0.05) is 24.3 Å². The van der Waals surface area contributed by atoms with E-state index in [1.54, 1.807) is 23.4 Å². The summed E-state index contributed by atoms with van der Waals surface area (Å²) >= 11 is 0. The Morgan fingerprint density at radius 1 is 1.15 bits per heavy atom.